The molecule has 1 aliphatic heterocycles. The van der Waals surface area contributed by atoms with Crippen LogP contribution in [0.3, 0.4) is 0 Å². The number of carbonyl (C=O) groups is 1. The second-order valence-electron chi connectivity index (χ2n) is 5.71. The predicted molar refractivity (Wildman–Crippen MR) is 113 cm³/mol. The van der Waals surface area contributed by atoms with E-state index in [1.54, 1.807) is 23.8 Å². The van der Waals surface area contributed by atoms with Crippen molar-refractivity contribution >= 4 is 45.2 Å². The maximum absolute atomic E-state index is 12.9. The first-order chi connectivity index (χ1) is 13.2. The minimum Gasteiger partial charge on any atom is -0.495 e. The normalized spacial score (nSPS) is 12.5. The number of hydrogen-bond donors (Lipinski definition) is 0. The zero-order chi connectivity index (χ0) is 19.1. The Balaban J connectivity index is 1.72. The molecule has 27 heavy (non-hydrogen) atoms. The van der Waals surface area contributed by atoms with Crippen LogP contribution < -0.4 is 9.64 Å². The molecule has 0 unspecified atom stereocenters. The third kappa shape index (κ3) is 4.85. The zero-order valence-electron chi connectivity index (χ0n) is 14.9. The lowest BCUT2D eigenvalue weighted by Gasteiger charge is -2.24. The molecule has 0 saturated heterocycles. The quantitative estimate of drug-likeness (QED) is 0.712. The molecule has 0 aromatic heterocycles. The summed E-state index contributed by atoms with van der Waals surface area (Å²) >= 11 is 3.08. The number of aliphatic imine (C=N–C) groups is 1. The number of thioether (sulfide) groups is 2. The lowest BCUT2D eigenvalue weighted by molar-refractivity contribution is -0.116. The first-order valence-corrected chi connectivity index (χ1v) is 10.4. The highest BCUT2D eigenvalue weighted by Gasteiger charge is 2.21. The molecule has 0 N–H and O–H groups in total. The lowest BCUT2D eigenvalue weighted by Crippen LogP contribution is -2.33. The zero-order valence-corrected chi connectivity index (χ0v) is 16.6. The van der Waals surface area contributed by atoms with Crippen LogP contribution in [0.2, 0.25) is 0 Å². The van der Waals surface area contributed by atoms with Gasteiger partial charge in [0.25, 0.3) is 0 Å². The SMILES string of the molecule is COc1ccccc1N(CCC#N)C(=O)CSC1=Nc2ccccc2CS1. The van der Waals surface area contributed by atoms with Crippen LogP contribution in [0, 0.1) is 11.3 Å². The van der Waals surface area contributed by atoms with E-state index >= 15 is 0 Å². The van der Waals surface area contributed by atoms with Crippen LogP contribution in [0.5, 0.6) is 5.75 Å². The highest BCUT2D eigenvalue weighted by atomic mass is 32.2. The van der Waals surface area contributed by atoms with Gasteiger partial charge in [-0.3, -0.25) is 4.79 Å². The standard InChI is InChI=1S/C20H19N3O2S2/c1-25-18-10-5-4-9-17(18)23(12-6-11-21)19(24)14-27-20-22-16-8-3-2-7-15(16)13-26-20/h2-5,7-10H,6,12-14H2,1H3. The summed E-state index contributed by atoms with van der Waals surface area (Å²) in [7, 11) is 1.57. The van der Waals surface area contributed by atoms with Gasteiger partial charge in [0.05, 0.1) is 36.7 Å². The first kappa shape index (κ1) is 19.3. The number of para-hydroxylation sites is 3. The fourth-order valence-electron chi connectivity index (χ4n) is 2.68. The Labute approximate surface area is 167 Å². The van der Waals surface area contributed by atoms with E-state index in [0.29, 0.717) is 18.0 Å². The molecule has 2 aromatic carbocycles. The van der Waals surface area contributed by atoms with E-state index in [1.807, 2.05) is 42.5 Å². The first-order valence-electron chi connectivity index (χ1n) is 8.45. The van der Waals surface area contributed by atoms with Crippen molar-refractivity contribution in [1.82, 2.24) is 0 Å². The molecule has 0 fully saturated rings. The number of nitrogens with zero attached hydrogens (tertiary/aromatic N) is 3. The van der Waals surface area contributed by atoms with Crippen molar-refractivity contribution in [2.75, 3.05) is 24.3 Å². The Hall–Kier alpha value is -2.43. The number of nitriles is 1. The van der Waals surface area contributed by atoms with Gasteiger partial charge < -0.3 is 9.64 Å². The molecular weight excluding hydrogens is 378 g/mol. The van der Waals surface area contributed by atoms with Gasteiger partial charge >= 0.3 is 0 Å². The van der Waals surface area contributed by atoms with Gasteiger partial charge in [-0.25, -0.2) is 4.99 Å². The largest absolute Gasteiger partial charge is 0.495 e. The van der Waals surface area contributed by atoms with Crippen LogP contribution in [0.25, 0.3) is 0 Å². The summed E-state index contributed by atoms with van der Waals surface area (Å²) in [6, 6.07) is 17.5. The Morgan fingerprint density at radius 2 is 2.07 bits per heavy atom. The second kappa shape index (κ2) is 9.49. The van der Waals surface area contributed by atoms with Crippen molar-refractivity contribution < 1.29 is 9.53 Å². The molecule has 7 heteroatoms. The number of benzene rings is 2. The summed E-state index contributed by atoms with van der Waals surface area (Å²) in [6.45, 7) is 0.332. The number of fused-ring (bicyclic) bond motifs is 1. The number of ether oxygens (including phenoxy) is 1. The number of hydrogen-bond acceptors (Lipinski definition) is 6. The number of carbonyl (C=O) groups excluding carboxylic acids is 1. The molecule has 0 atom stereocenters. The molecule has 138 valence electrons. The highest BCUT2D eigenvalue weighted by Crippen LogP contribution is 2.35. The molecule has 0 saturated carbocycles. The van der Waals surface area contributed by atoms with Gasteiger partial charge in [-0.15, -0.1) is 0 Å². The van der Waals surface area contributed by atoms with Crippen LogP contribution in [-0.2, 0) is 10.5 Å². The minimum absolute atomic E-state index is 0.0677. The van der Waals surface area contributed by atoms with E-state index < -0.39 is 0 Å². The van der Waals surface area contributed by atoms with Gasteiger partial charge in [0.15, 0.2) is 0 Å². The monoisotopic (exact) mass is 397 g/mol. The Kier molecular flexibility index (Phi) is 6.80. The van der Waals surface area contributed by atoms with Crippen molar-refractivity contribution in [1.29, 1.82) is 5.26 Å². The van der Waals surface area contributed by atoms with Crippen molar-refractivity contribution in [2.45, 2.75) is 12.2 Å². The van der Waals surface area contributed by atoms with Gasteiger partial charge in [-0.05, 0) is 23.8 Å². The molecule has 0 aliphatic carbocycles. The molecule has 3 rings (SSSR count). The summed E-state index contributed by atoms with van der Waals surface area (Å²) in [6.07, 6.45) is 0.261. The smallest absolute Gasteiger partial charge is 0.237 e. The van der Waals surface area contributed by atoms with Crippen LogP contribution in [0.4, 0.5) is 11.4 Å². The molecule has 1 aliphatic rings. The van der Waals surface area contributed by atoms with Crippen molar-refractivity contribution in [3.63, 3.8) is 0 Å². The van der Waals surface area contributed by atoms with Gasteiger partial charge in [0, 0.05) is 12.3 Å². The van der Waals surface area contributed by atoms with Crippen LogP contribution in [0.15, 0.2) is 53.5 Å². The second-order valence-corrected chi connectivity index (χ2v) is 7.90. The Morgan fingerprint density at radius 3 is 2.89 bits per heavy atom. The number of rotatable bonds is 6. The predicted octanol–water partition coefficient (Wildman–Crippen LogP) is 4.61. The maximum atomic E-state index is 12.9. The molecule has 1 heterocycles. The van der Waals surface area contributed by atoms with Crippen LogP contribution in [-0.4, -0.2) is 29.7 Å². The summed E-state index contributed by atoms with van der Waals surface area (Å²) in [5, 5.41) is 8.95. The molecule has 2 aromatic rings. The molecule has 1 amide bonds. The average molecular weight is 398 g/mol. The van der Waals surface area contributed by atoms with Gasteiger partial charge in [-0.1, -0.05) is 53.9 Å². The third-order valence-corrected chi connectivity index (χ3v) is 6.23. The summed E-state index contributed by atoms with van der Waals surface area (Å²) in [4.78, 5) is 19.1. The molecular formula is C20H19N3O2S2. The summed E-state index contributed by atoms with van der Waals surface area (Å²) in [5.74, 6) is 1.67. The number of amides is 1. The molecule has 0 bridgehead atoms. The van der Waals surface area contributed by atoms with Crippen molar-refractivity contribution in [3.8, 4) is 11.8 Å². The van der Waals surface area contributed by atoms with Gasteiger partial charge in [0.2, 0.25) is 5.91 Å². The van der Waals surface area contributed by atoms with E-state index in [-0.39, 0.29) is 18.1 Å². The van der Waals surface area contributed by atoms with Gasteiger partial charge in [0.1, 0.15) is 10.1 Å². The van der Waals surface area contributed by atoms with E-state index in [2.05, 4.69) is 17.1 Å². The fourth-order valence-corrected chi connectivity index (χ4v) is 4.62. The van der Waals surface area contributed by atoms with Gasteiger partial charge in [-0.2, -0.15) is 5.26 Å². The lowest BCUT2D eigenvalue weighted by atomic mass is 10.2. The van der Waals surface area contributed by atoms with Crippen LogP contribution >= 0.6 is 23.5 Å². The van der Waals surface area contributed by atoms with E-state index in [1.165, 1.54) is 17.3 Å². The maximum Gasteiger partial charge on any atom is 0.237 e. The summed E-state index contributed by atoms with van der Waals surface area (Å²) < 4.78 is 6.27. The van der Waals surface area contributed by atoms with Crippen LogP contribution in [0.1, 0.15) is 12.0 Å². The Bertz CT molecular complexity index is 893. The van der Waals surface area contributed by atoms with E-state index in [0.717, 1.165) is 15.8 Å². The molecule has 5 nitrogen and oxygen atoms in total. The number of methoxy groups -OCH3 is 1. The third-order valence-electron chi connectivity index (χ3n) is 4.00. The summed E-state index contributed by atoms with van der Waals surface area (Å²) in [5.41, 5.74) is 2.87. The average Bonchev–Trinajstić information content (AvgIpc) is 2.72. The van der Waals surface area contributed by atoms with Crippen molar-refractivity contribution in [2.24, 2.45) is 4.99 Å². The van der Waals surface area contributed by atoms with Crippen molar-refractivity contribution in [3.05, 3.63) is 54.1 Å². The Morgan fingerprint density at radius 1 is 1.30 bits per heavy atom. The molecule has 0 radical (unpaired) electrons. The highest BCUT2D eigenvalue weighted by molar-refractivity contribution is 8.38. The fraction of sp³-hybridized carbons (Fsp3) is 0.250. The minimum atomic E-state index is -0.0677. The topological polar surface area (TPSA) is 65.7 Å². The number of anilines is 1. The molecule has 0 spiro atoms. The van der Waals surface area contributed by atoms with E-state index in [4.69, 9.17) is 10.00 Å². The van der Waals surface area contributed by atoms with E-state index in [9.17, 15) is 4.79 Å².